The molecule has 0 aromatic carbocycles. The minimum absolute atomic E-state index is 0.0893. The highest BCUT2D eigenvalue weighted by molar-refractivity contribution is 6.56. The second-order valence-electron chi connectivity index (χ2n) is 1.99. The number of allylic oxidation sites excluding steroid dienone is 1. The number of halogens is 3. The molecule has 0 aromatic rings. The molecule has 0 saturated carbocycles. The number of rotatable bonds is 5. The standard InChI is InChI=1S/C7H7Cl3O3/c8-1-2-13-7(12)4-5(11)3-6(9)10/h3H,1-2,4H2. The third-order valence-electron chi connectivity index (χ3n) is 0.929. The van der Waals surface area contributed by atoms with Gasteiger partial charge in [0.1, 0.15) is 17.5 Å². The zero-order valence-corrected chi connectivity index (χ0v) is 8.83. The van der Waals surface area contributed by atoms with Crippen molar-refractivity contribution in [1.82, 2.24) is 0 Å². The summed E-state index contributed by atoms with van der Waals surface area (Å²) in [6, 6.07) is 0. The van der Waals surface area contributed by atoms with Crippen LogP contribution in [0.3, 0.4) is 0 Å². The topological polar surface area (TPSA) is 43.4 Å². The molecule has 0 unspecified atom stereocenters. The predicted octanol–water partition coefficient (Wildman–Crippen LogP) is 2.05. The fourth-order valence-electron chi connectivity index (χ4n) is 0.518. The van der Waals surface area contributed by atoms with Crippen molar-refractivity contribution in [2.24, 2.45) is 0 Å². The lowest BCUT2D eigenvalue weighted by molar-refractivity contribution is -0.144. The number of ether oxygens (including phenoxy) is 1. The molecule has 0 aromatic heterocycles. The fraction of sp³-hybridized carbons (Fsp3) is 0.429. The lowest BCUT2D eigenvalue weighted by atomic mass is 10.3. The van der Waals surface area contributed by atoms with Crippen LogP contribution in [-0.4, -0.2) is 24.2 Å². The molecule has 0 heterocycles. The van der Waals surface area contributed by atoms with Crippen LogP contribution in [-0.2, 0) is 14.3 Å². The minimum Gasteiger partial charge on any atom is -0.464 e. The molecule has 0 rings (SSSR count). The summed E-state index contributed by atoms with van der Waals surface area (Å²) >= 11 is 15.6. The van der Waals surface area contributed by atoms with Crippen molar-refractivity contribution in [3.05, 3.63) is 10.6 Å². The molecule has 6 heteroatoms. The van der Waals surface area contributed by atoms with E-state index in [1.807, 2.05) is 0 Å². The molecule has 0 aliphatic rings. The molecule has 0 atom stereocenters. The normalized spacial score (nSPS) is 9.15. The minimum atomic E-state index is -0.642. The van der Waals surface area contributed by atoms with Crippen LogP contribution in [0.4, 0.5) is 0 Å². The molecule has 0 aliphatic heterocycles. The monoisotopic (exact) mass is 244 g/mol. The van der Waals surface area contributed by atoms with Crippen LogP contribution in [0.15, 0.2) is 10.6 Å². The number of carbonyl (C=O) groups is 2. The maximum atomic E-state index is 10.8. The smallest absolute Gasteiger partial charge is 0.313 e. The van der Waals surface area contributed by atoms with Crippen molar-refractivity contribution in [3.8, 4) is 0 Å². The van der Waals surface area contributed by atoms with E-state index >= 15 is 0 Å². The van der Waals surface area contributed by atoms with Gasteiger partial charge < -0.3 is 4.74 Å². The Bertz CT molecular complexity index is 221. The van der Waals surface area contributed by atoms with E-state index < -0.39 is 11.8 Å². The highest BCUT2D eigenvalue weighted by atomic mass is 35.5. The molecule has 0 spiro atoms. The van der Waals surface area contributed by atoms with Crippen LogP contribution < -0.4 is 0 Å². The Morgan fingerprint density at radius 1 is 1.31 bits per heavy atom. The fourth-order valence-corrected chi connectivity index (χ4v) is 0.839. The van der Waals surface area contributed by atoms with E-state index in [1.165, 1.54) is 0 Å². The molecule has 0 N–H and O–H groups in total. The van der Waals surface area contributed by atoms with E-state index in [2.05, 4.69) is 4.74 Å². The van der Waals surface area contributed by atoms with E-state index in [-0.39, 0.29) is 23.4 Å². The van der Waals surface area contributed by atoms with Crippen molar-refractivity contribution < 1.29 is 14.3 Å². The van der Waals surface area contributed by atoms with Gasteiger partial charge in [0.05, 0.1) is 5.88 Å². The number of hydrogen-bond donors (Lipinski definition) is 0. The maximum absolute atomic E-state index is 10.8. The summed E-state index contributed by atoms with van der Waals surface area (Å²) in [4.78, 5) is 21.6. The summed E-state index contributed by atoms with van der Waals surface area (Å²) in [7, 11) is 0. The third kappa shape index (κ3) is 8.09. The van der Waals surface area contributed by atoms with Gasteiger partial charge in [-0.25, -0.2) is 0 Å². The summed E-state index contributed by atoms with van der Waals surface area (Å²) < 4.78 is 4.35. The van der Waals surface area contributed by atoms with Crippen molar-refractivity contribution in [1.29, 1.82) is 0 Å². The summed E-state index contributed by atoms with van der Waals surface area (Å²) in [5.41, 5.74) is 0. The highest BCUT2D eigenvalue weighted by Gasteiger charge is 2.08. The van der Waals surface area contributed by atoms with Gasteiger partial charge in [-0.1, -0.05) is 23.2 Å². The van der Waals surface area contributed by atoms with Gasteiger partial charge in [0.25, 0.3) is 0 Å². The third-order valence-corrected chi connectivity index (χ3v) is 1.30. The lowest BCUT2D eigenvalue weighted by Gasteiger charge is -1.98. The predicted molar refractivity (Wildman–Crippen MR) is 51.1 cm³/mol. The molecule has 0 bridgehead atoms. The first-order chi connectivity index (χ1) is 6.06. The van der Waals surface area contributed by atoms with Crippen LogP contribution in [0.25, 0.3) is 0 Å². The number of ketones is 1. The van der Waals surface area contributed by atoms with Crippen LogP contribution in [0.1, 0.15) is 6.42 Å². The largest absolute Gasteiger partial charge is 0.464 e. The summed E-state index contributed by atoms with van der Waals surface area (Å²) in [5, 5.41) is 0. The molecule has 0 amide bonds. The average Bonchev–Trinajstić information content (AvgIpc) is 1.98. The van der Waals surface area contributed by atoms with Crippen molar-refractivity contribution in [2.45, 2.75) is 6.42 Å². The van der Waals surface area contributed by atoms with Crippen molar-refractivity contribution in [2.75, 3.05) is 12.5 Å². The van der Waals surface area contributed by atoms with E-state index in [4.69, 9.17) is 34.8 Å². The number of esters is 1. The first-order valence-corrected chi connectivity index (χ1v) is 4.62. The molecule has 3 nitrogen and oxygen atoms in total. The van der Waals surface area contributed by atoms with Gasteiger partial charge in [0, 0.05) is 6.08 Å². The first-order valence-electron chi connectivity index (χ1n) is 3.33. The molecule has 0 radical (unpaired) electrons. The van der Waals surface area contributed by atoms with Crippen LogP contribution in [0, 0.1) is 0 Å². The van der Waals surface area contributed by atoms with E-state index in [0.29, 0.717) is 0 Å². The lowest BCUT2D eigenvalue weighted by Crippen LogP contribution is -2.11. The van der Waals surface area contributed by atoms with Gasteiger partial charge in [-0.15, -0.1) is 11.6 Å². The molecule has 13 heavy (non-hydrogen) atoms. The molecular formula is C7H7Cl3O3. The zero-order chi connectivity index (χ0) is 10.3. The van der Waals surface area contributed by atoms with Crippen LogP contribution >= 0.6 is 34.8 Å². The Labute approximate surface area is 90.6 Å². The second kappa shape index (κ2) is 7.18. The molecule has 0 fully saturated rings. The maximum Gasteiger partial charge on any atom is 0.313 e. The van der Waals surface area contributed by atoms with Crippen molar-refractivity contribution in [3.63, 3.8) is 0 Å². The average molecular weight is 245 g/mol. The van der Waals surface area contributed by atoms with Gasteiger partial charge in [0.15, 0.2) is 5.78 Å². The highest BCUT2D eigenvalue weighted by Crippen LogP contribution is 2.06. The Morgan fingerprint density at radius 2 is 1.92 bits per heavy atom. The number of alkyl halides is 1. The van der Waals surface area contributed by atoms with Gasteiger partial charge in [0.2, 0.25) is 0 Å². The van der Waals surface area contributed by atoms with E-state index in [1.54, 1.807) is 0 Å². The van der Waals surface area contributed by atoms with E-state index in [0.717, 1.165) is 6.08 Å². The number of carbonyl (C=O) groups excluding carboxylic acids is 2. The Balaban J connectivity index is 3.79. The summed E-state index contributed by atoms with van der Waals surface area (Å²) in [6.07, 6.45) is 0.574. The molecule has 0 aliphatic carbocycles. The van der Waals surface area contributed by atoms with E-state index in [9.17, 15) is 9.59 Å². The van der Waals surface area contributed by atoms with Gasteiger partial charge in [-0.2, -0.15) is 0 Å². The first kappa shape index (κ1) is 12.8. The molecule has 74 valence electrons. The summed E-state index contributed by atoms with van der Waals surface area (Å²) in [5.74, 6) is -0.942. The Morgan fingerprint density at radius 3 is 2.38 bits per heavy atom. The van der Waals surface area contributed by atoms with Gasteiger partial charge in [-0.3, -0.25) is 9.59 Å². The van der Waals surface area contributed by atoms with Gasteiger partial charge >= 0.3 is 5.97 Å². The Kier molecular flexibility index (Phi) is 7.04. The zero-order valence-electron chi connectivity index (χ0n) is 6.56. The molecule has 0 saturated heterocycles. The second-order valence-corrected chi connectivity index (χ2v) is 3.37. The van der Waals surface area contributed by atoms with Crippen LogP contribution in [0.2, 0.25) is 0 Å². The van der Waals surface area contributed by atoms with Crippen LogP contribution in [0.5, 0.6) is 0 Å². The molecular weight excluding hydrogens is 238 g/mol. The summed E-state index contributed by atoms with van der Waals surface area (Å²) in [6.45, 7) is 0.0893. The SMILES string of the molecule is O=C(C=C(Cl)Cl)CC(=O)OCCCl. The van der Waals surface area contributed by atoms with Crippen molar-refractivity contribution >= 4 is 46.6 Å². The Hall–Kier alpha value is -0.250. The number of hydrogen-bond acceptors (Lipinski definition) is 3. The quantitative estimate of drug-likeness (QED) is 0.322. The van der Waals surface area contributed by atoms with Gasteiger partial charge in [-0.05, 0) is 0 Å².